The smallest absolute Gasteiger partial charge is 0.397 e. The van der Waals surface area contributed by atoms with Gasteiger partial charge in [0.2, 0.25) is 0 Å². The van der Waals surface area contributed by atoms with Crippen LogP contribution in [0.3, 0.4) is 0 Å². The molecular formula is C10H9ClFNO3. The largest absolute Gasteiger partial charge is 0.459 e. The predicted molar refractivity (Wildman–Crippen MR) is 56.7 cm³/mol. The number of esters is 1. The van der Waals surface area contributed by atoms with E-state index in [1.807, 2.05) is 0 Å². The molecule has 0 saturated carbocycles. The molecule has 16 heavy (non-hydrogen) atoms. The summed E-state index contributed by atoms with van der Waals surface area (Å²) < 4.78 is 17.3. The number of carbonyl (C=O) groups excluding carboxylic acids is 2. The summed E-state index contributed by atoms with van der Waals surface area (Å²) in [5.41, 5.74) is 0.0275. The van der Waals surface area contributed by atoms with Gasteiger partial charge < -0.3 is 10.1 Å². The second-order valence-electron chi connectivity index (χ2n) is 2.80. The molecule has 4 nitrogen and oxygen atoms in total. The Morgan fingerprint density at radius 1 is 1.50 bits per heavy atom. The maximum Gasteiger partial charge on any atom is 0.397 e. The van der Waals surface area contributed by atoms with Gasteiger partial charge in [0, 0.05) is 0 Å². The topological polar surface area (TPSA) is 55.4 Å². The Kier molecular flexibility index (Phi) is 4.25. The van der Waals surface area contributed by atoms with Gasteiger partial charge in [-0.25, -0.2) is 9.18 Å². The summed E-state index contributed by atoms with van der Waals surface area (Å²) in [5, 5.41) is 2.29. The van der Waals surface area contributed by atoms with Crippen LogP contribution in [-0.2, 0) is 14.3 Å². The van der Waals surface area contributed by atoms with Crippen LogP contribution in [0.4, 0.5) is 10.1 Å². The van der Waals surface area contributed by atoms with E-state index in [1.54, 1.807) is 6.92 Å². The molecule has 1 aromatic rings. The van der Waals surface area contributed by atoms with E-state index in [4.69, 9.17) is 11.6 Å². The van der Waals surface area contributed by atoms with Crippen molar-refractivity contribution in [2.75, 3.05) is 11.9 Å². The molecule has 1 aromatic carbocycles. The lowest BCUT2D eigenvalue weighted by molar-refractivity contribution is -0.152. The molecule has 0 heterocycles. The molecule has 0 saturated heterocycles. The SMILES string of the molecule is CCOC(=O)C(=O)Nc1cc(F)ccc1Cl. The molecule has 1 N–H and O–H groups in total. The Morgan fingerprint density at radius 3 is 2.81 bits per heavy atom. The molecule has 0 aromatic heterocycles. The molecule has 0 unspecified atom stereocenters. The Balaban J connectivity index is 2.76. The van der Waals surface area contributed by atoms with Crippen molar-refractivity contribution in [3.05, 3.63) is 29.0 Å². The molecule has 86 valence electrons. The molecule has 0 aliphatic heterocycles. The fourth-order valence-corrected chi connectivity index (χ4v) is 1.13. The van der Waals surface area contributed by atoms with Crippen molar-refractivity contribution in [3.63, 3.8) is 0 Å². The Hall–Kier alpha value is -1.62. The van der Waals surface area contributed by atoms with E-state index < -0.39 is 17.7 Å². The zero-order valence-corrected chi connectivity index (χ0v) is 9.18. The van der Waals surface area contributed by atoms with Crippen molar-refractivity contribution < 1.29 is 18.7 Å². The summed E-state index contributed by atoms with van der Waals surface area (Å²) >= 11 is 5.69. The van der Waals surface area contributed by atoms with Gasteiger partial charge >= 0.3 is 11.9 Å². The number of nitrogens with one attached hydrogen (secondary N) is 1. The number of anilines is 1. The molecule has 0 fully saturated rings. The first kappa shape index (κ1) is 12.4. The van der Waals surface area contributed by atoms with Crippen molar-refractivity contribution in [3.8, 4) is 0 Å². The Bertz CT molecular complexity index is 423. The van der Waals surface area contributed by atoms with Crippen LogP contribution in [0.15, 0.2) is 18.2 Å². The second kappa shape index (κ2) is 5.46. The number of hydrogen-bond donors (Lipinski definition) is 1. The maximum atomic E-state index is 12.8. The quantitative estimate of drug-likeness (QED) is 0.640. The Labute approximate surface area is 96.3 Å². The third-order valence-electron chi connectivity index (χ3n) is 1.64. The summed E-state index contributed by atoms with van der Waals surface area (Å²) in [6.45, 7) is 1.66. The highest BCUT2D eigenvalue weighted by molar-refractivity contribution is 6.39. The molecule has 1 rings (SSSR count). The minimum atomic E-state index is -1.04. The zero-order chi connectivity index (χ0) is 12.1. The lowest BCUT2D eigenvalue weighted by Crippen LogP contribution is -2.25. The molecular weight excluding hydrogens is 237 g/mol. The van der Waals surface area contributed by atoms with Crippen molar-refractivity contribution >= 4 is 29.2 Å². The average Bonchev–Trinajstić information content (AvgIpc) is 2.23. The van der Waals surface area contributed by atoms with Crippen molar-refractivity contribution in [2.24, 2.45) is 0 Å². The Morgan fingerprint density at radius 2 is 2.19 bits per heavy atom. The third-order valence-corrected chi connectivity index (χ3v) is 1.97. The maximum absolute atomic E-state index is 12.8. The predicted octanol–water partition coefficient (Wildman–Crippen LogP) is 1.98. The van der Waals surface area contributed by atoms with Crippen molar-refractivity contribution in [2.45, 2.75) is 6.92 Å². The van der Waals surface area contributed by atoms with Gasteiger partial charge in [-0.1, -0.05) is 11.6 Å². The lowest BCUT2D eigenvalue weighted by Gasteiger charge is -2.06. The standard InChI is InChI=1S/C10H9ClFNO3/c1-2-16-10(15)9(14)13-8-5-6(12)3-4-7(8)11/h3-5H,2H2,1H3,(H,13,14). The number of amides is 1. The van der Waals surface area contributed by atoms with Gasteiger partial charge in [-0.3, -0.25) is 4.79 Å². The number of ether oxygens (including phenoxy) is 1. The average molecular weight is 246 g/mol. The molecule has 0 aliphatic carbocycles. The molecule has 1 amide bonds. The van der Waals surface area contributed by atoms with Crippen LogP contribution >= 0.6 is 11.6 Å². The molecule has 6 heteroatoms. The number of rotatable bonds is 2. The van der Waals surface area contributed by atoms with Crippen molar-refractivity contribution in [1.82, 2.24) is 0 Å². The summed E-state index contributed by atoms with van der Waals surface area (Å²) in [6.07, 6.45) is 0. The molecule has 0 spiro atoms. The van der Waals surface area contributed by atoms with Gasteiger partial charge in [0.15, 0.2) is 0 Å². The van der Waals surface area contributed by atoms with Crippen LogP contribution < -0.4 is 5.32 Å². The monoisotopic (exact) mass is 245 g/mol. The molecule has 0 aliphatic rings. The normalized spacial score (nSPS) is 9.69. The second-order valence-corrected chi connectivity index (χ2v) is 3.21. The van der Waals surface area contributed by atoms with E-state index >= 15 is 0 Å². The van der Waals surface area contributed by atoms with Gasteiger partial charge in [-0.2, -0.15) is 0 Å². The number of benzene rings is 1. The minimum Gasteiger partial charge on any atom is -0.459 e. The number of halogens is 2. The highest BCUT2D eigenvalue weighted by Crippen LogP contribution is 2.22. The van der Waals surface area contributed by atoms with Gasteiger partial charge in [-0.05, 0) is 25.1 Å². The van der Waals surface area contributed by atoms with Crippen LogP contribution in [0.25, 0.3) is 0 Å². The summed E-state index contributed by atoms with van der Waals surface area (Å²) in [6, 6.07) is 3.43. The number of carbonyl (C=O) groups is 2. The van der Waals surface area contributed by atoms with Crippen molar-refractivity contribution in [1.29, 1.82) is 0 Å². The van der Waals surface area contributed by atoms with E-state index in [0.717, 1.165) is 12.1 Å². The number of hydrogen-bond acceptors (Lipinski definition) is 3. The third kappa shape index (κ3) is 3.20. The summed E-state index contributed by atoms with van der Waals surface area (Å²) in [7, 11) is 0. The molecule has 0 atom stereocenters. The van der Waals surface area contributed by atoms with Crippen LogP contribution in [0.5, 0.6) is 0 Å². The molecule has 0 bridgehead atoms. The molecule has 0 radical (unpaired) electrons. The van der Waals surface area contributed by atoms with E-state index in [-0.39, 0.29) is 17.3 Å². The van der Waals surface area contributed by atoms with Gasteiger partial charge in [-0.15, -0.1) is 0 Å². The fourth-order valence-electron chi connectivity index (χ4n) is 0.963. The van der Waals surface area contributed by atoms with Gasteiger partial charge in [0.05, 0.1) is 17.3 Å². The highest BCUT2D eigenvalue weighted by atomic mass is 35.5. The first-order valence-corrected chi connectivity index (χ1v) is 4.85. The van der Waals surface area contributed by atoms with Crippen LogP contribution in [-0.4, -0.2) is 18.5 Å². The van der Waals surface area contributed by atoms with E-state index in [2.05, 4.69) is 10.1 Å². The van der Waals surface area contributed by atoms with E-state index in [0.29, 0.717) is 0 Å². The van der Waals surface area contributed by atoms with Gasteiger partial charge in [0.1, 0.15) is 5.82 Å². The summed E-state index contributed by atoms with van der Waals surface area (Å²) in [4.78, 5) is 22.2. The van der Waals surface area contributed by atoms with Gasteiger partial charge in [0.25, 0.3) is 0 Å². The van der Waals surface area contributed by atoms with E-state index in [9.17, 15) is 14.0 Å². The highest BCUT2D eigenvalue weighted by Gasteiger charge is 2.16. The lowest BCUT2D eigenvalue weighted by atomic mass is 10.3. The first-order chi connectivity index (χ1) is 7.54. The van der Waals surface area contributed by atoms with Crippen LogP contribution in [0.2, 0.25) is 5.02 Å². The summed E-state index contributed by atoms with van der Waals surface area (Å²) in [5.74, 6) is -2.60. The van der Waals surface area contributed by atoms with E-state index in [1.165, 1.54) is 6.07 Å². The van der Waals surface area contributed by atoms with Crippen LogP contribution in [0, 0.1) is 5.82 Å². The zero-order valence-electron chi connectivity index (χ0n) is 8.42. The fraction of sp³-hybridized carbons (Fsp3) is 0.200. The first-order valence-electron chi connectivity index (χ1n) is 4.47. The minimum absolute atomic E-state index is 0.0275. The van der Waals surface area contributed by atoms with Crippen LogP contribution in [0.1, 0.15) is 6.92 Å².